The maximum Gasteiger partial charge on any atom is 0.189 e. The van der Waals surface area contributed by atoms with Crippen LogP contribution in [-0.4, -0.2) is 24.3 Å². The van der Waals surface area contributed by atoms with Crippen LogP contribution in [0.3, 0.4) is 0 Å². The van der Waals surface area contributed by atoms with Crippen LogP contribution in [0.2, 0.25) is 5.15 Å². The molecule has 1 heterocycles. The summed E-state index contributed by atoms with van der Waals surface area (Å²) in [6, 6.07) is 13.5. The number of halogens is 1. The molecule has 0 atom stereocenters. The van der Waals surface area contributed by atoms with Crippen molar-refractivity contribution in [3.8, 4) is 5.75 Å². The van der Waals surface area contributed by atoms with Crippen LogP contribution in [0, 0.1) is 0 Å². The topological polar surface area (TPSA) is 98.7 Å². The van der Waals surface area contributed by atoms with E-state index in [2.05, 4.69) is 20.8 Å². The minimum Gasteiger partial charge on any atom is -0.545 e. The molecule has 0 radical (unpaired) electrons. The zero-order valence-electron chi connectivity index (χ0n) is 14.1. The number of aromatic nitrogens is 1. The first-order valence-electron chi connectivity index (χ1n) is 7.73. The van der Waals surface area contributed by atoms with Crippen LogP contribution in [0.5, 0.6) is 5.75 Å². The van der Waals surface area contributed by atoms with Crippen LogP contribution >= 0.6 is 22.9 Å². The summed E-state index contributed by atoms with van der Waals surface area (Å²) in [6.45, 7) is 0. The van der Waals surface area contributed by atoms with Crippen molar-refractivity contribution in [2.24, 2.45) is 5.10 Å². The Balaban J connectivity index is 1.67. The van der Waals surface area contributed by atoms with E-state index < -0.39 is 5.97 Å². The number of para-hydroxylation sites is 2. The minimum absolute atomic E-state index is 0.0992. The van der Waals surface area contributed by atoms with E-state index in [0.717, 1.165) is 5.69 Å². The van der Waals surface area contributed by atoms with Crippen molar-refractivity contribution in [2.75, 3.05) is 17.9 Å². The maximum absolute atomic E-state index is 10.7. The number of nitrogens with zero attached hydrogens (tertiary/aromatic N) is 2. The molecular formula is C18H14ClN4O3S-. The third kappa shape index (κ3) is 4.75. The number of rotatable bonds is 7. The van der Waals surface area contributed by atoms with Crippen molar-refractivity contribution in [3.05, 3.63) is 64.1 Å². The fraction of sp³-hybridized carbons (Fsp3) is 0.0556. The largest absolute Gasteiger partial charge is 0.545 e. The molecule has 0 spiro atoms. The Bertz CT molecular complexity index is 973. The predicted octanol–water partition coefficient (Wildman–Crippen LogP) is 3.36. The molecule has 3 rings (SSSR count). The van der Waals surface area contributed by atoms with Crippen LogP contribution in [0.1, 0.15) is 15.2 Å². The summed E-state index contributed by atoms with van der Waals surface area (Å²) in [5, 5.41) is 18.9. The van der Waals surface area contributed by atoms with E-state index in [1.807, 2.05) is 24.3 Å². The van der Waals surface area contributed by atoms with E-state index >= 15 is 0 Å². The number of carbonyl (C=O) groups is 1. The second kappa shape index (κ2) is 8.52. The number of carbonyl (C=O) groups excluding carboxylic acids is 1. The number of nitrogens with one attached hydrogen (secondary N) is 2. The lowest BCUT2D eigenvalue weighted by atomic mass is 10.2. The minimum atomic E-state index is -1.23. The molecule has 0 bridgehead atoms. The van der Waals surface area contributed by atoms with Crippen LogP contribution in [0.25, 0.3) is 0 Å². The monoisotopic (exact) mass is 401 g/mol. The lowest BCUT2D eigenvalue weighted by molar-refractivity contribution is -0.255. The molecule has 9 heteroatoms. The normalized spacial score (nSPS) is 10.7. The maximum atomic E-state index is 10.7. The first kappa shape index (κ1) is 18.7. The second-order valence-corrected chi connectivity index (χ2v) is 6.62. The fourth-order valence-corrected chi connectivity index (χ4v) is 3.20. The highest BCUT2D eigenvalue weighted by molar-refractivity contribution is 7.17. The van der Waals surface area contributed by atoms with Gasteiger partial charge >= 0.3 is 0 Å². The van der Waals surface area contributed by atoms with Crippen LogP contribution in [-0.2, 0) is 0 Å². The van der Waals surface area contributed by atoms with E-state index in [1.165, 1.54) is 23.5 Å². The third-order valence-electron chi connectivity index (χ3n) is 3.45. The zero-order chi connectivity index (χ0) is 19.2. The van der Waals surface area contributed by atoms with Gasteiger partial charge in [-0.25, -0.2) is 4.98 Å². The summed E-state index contributed by atoms with van der Waals surface area (Å²) in [7, 11) is 1.60. The number of hydrazone groups is 1. The standard InChI is InChI=1S/C18H15ClN4O3S/c1-26-14-5-3-2-4-13(14)21-18-22-16(19)15(27-18)10-20-23-12-8-6-11(7-9-12)17(24)25/h2-10,23H,1H3,(H,21,22)(H,24,25)/p-1/b20-10+. The van der Waals surface area contributed by atoms with Crippen molar-refractivity contribution in [1.82, 2.24) is 4.98 Å². The lowest BCUT2D eigenvalue weighted by Gasteiger charge is -2.07. The molecule has 0 unspecified atom stereocenters. The van der Waals surface area contributed by atoms with Crippen LogP contribution in [0.15, 0.2) is 53.6 Å². The number of anilines is 3. The van der Waals surface area contributed by atoms with Gasteiger partial charge in [0.1, 0.15) is 5.75 Å². The molecule has 2 N–H and O–H groups in total. The highest BCUT2D eigenvalue weighted by Crippen LogP contribution is 2.31. The number of benzene rings is 2. The molecule has 0 aliphatic rings. The van der Waals surface area contributed by atoms with Gasteiger partial charge in [0.2, 0.25) is 0 Å². The first-order valence-corrected chi connectivity index (χ1v) is 8.93. The van der Waals surface area contributed by atoms with Gasteiger partial charge < -0.3 is 20.0 Å². The lowest BCUT2D eigenvalue weighted by Crippen LogP contribution is -2.21. The summed E-state index contributed by atoms with van der Waals surface area (Å²) >= 11 is 7.49. The summed E-state index contributed by atoms with van der Waals surface area (Å²) in [5.41, 5.74) is 4.31. The molecule has 0 amide bonds. The SMILES string of the molecule is COc1ccccc1Nc1nc(Cl)c(/C=N/Nc2ccc(C(=O)[O-])cc2)s1. The number of hydrogen-bond donors (Lipinski definition) is 2. The summed E-state index contributed by atoms with van der Waals surface area (Å²) < 4.78 is 5.30. The summed E-state index contributed by atoms with van der Waals surface area (Å²) in [4.78, 5) is 15.7. The number of thiazole rings is 1. The van der Waals surface area contributed by atoms with Crippen molar-refractivity contribution < 1.29 is 14.6 Å². The van der Waals surface area contributed by atoms with Gasteiger partial charge in [-0.2, -0.15) is 5.10 Å². The number of ether oxygens (including phenoxy) is 1. The quantitative estimate of drug-likeness (QED) is 0.465. The van der Waals surface area contributed by atoms with Crippen molar-refractivity contribution in [3.63, 3.8) is 0 Å². The number of hydrogen-bond acceptors (Lipinski definition) is 8. The van der Waals surface area contributed by atoms with E-state index in [0.29, 0.717) is 26.6 Å². The van der Waals surface area contributed by atoms with E-state index in [-0.39, 0.29) is 5.56 Å². The number of methoxy groups -OCH3 is 1. The molecule has 2 aromatic carbocycles. The molecule has 0 saturated carbocycles. The highest BCUT2D eigenvalue weighted by atomic mass is 35.5. The van der Waals surface area contributed by atoms with Crippen molar-refractivity contribution in [2.45, 2.75) is 0 Å². The van der Waals surface area contributed by atoms with Gasteiger partial charge in [0.25, 0.3) is 0 Å². The molecule has 0 fully saturated rings. The van der Waals surface area contributed by atoms with Gasteiger partial charge in [0.15, 0.2) is 10.3 Å². The fourth-order valence-electron chi connectivity index (χ4n) is 2.16. The molecule has 7 nitrogen and oxygen atoms in total. The Morgan fingerprint density at radius 2 is 2.00 bits per heavy atom. The van der Waals surface area contributed by atoms with Gasteiger partial charge in [-0.05, 0) is 29.8 Å². The molecule has 0 aliphatic heterocycles. The molecule has 27 heavy (non-hydrogen) atoms. The van der Waals surface area contributed by atoms with E-state index in [4.69, 9.17) is 16.3 Å². The van der Waals surface area contributed by atoms with Crippen molar-refractivity contribution in [1.29, 1.82) is 0 Å². The Morgan fingerprint density at radius 3 is 2.70 bits per heavy atom. The smallest absolute Gasteiger partial charge is 0.189 e. The highest BCUT2D eigenvalue weighted by Gasteiger charge is 2.10. The number of carboxylic acids is 1. The average molecular weight is 402 g/mol. The Labute approximate surface area is 164 Å². The zero-order valence-corrected chi connectivity index (χ0v) is 15.7. The molecule has 0 saturated heterocycles. The Hall–Kier alpha value is -3.10. The summed E-state index contributed by atoms with van der Waals surface area (Å²) in [6.07, 6.45) is 1.54. The third-order valence-corrected chi connectivity index (χ3v) is 4.76. The second-order valence-electron chi connectivity index (χ2n) is 5.23. The average Bonchev–Trinajstić information content (AvgIpc) is 3.02. The Morgan fingerprint density at radius 1 is 1.26 bits per heavy atom. The van der Waals surface area contributed by atoms with Crippen molar-refractivity contribution >= 4 is 51.6 Å². The van der Waals surface area contributed by atoms with Crippen LogP contribution in [0.4, 0.5) is 16.5 Å². The van der Waals surface area contributed by atoms with Gasteiger partial charge in [0, 0.05) is 0 Å². The molecule has 3 aromatic rings. The Kier molecular flexibility index (Phi) is 5.90. The first-order chi connectivity index (χ1) is 13.1. The van der Waals surface area contributed by atoms with Gasteiger partial charge in [-0.15, -0.1) is 0 Å². The molecule has 0 aliphatic carbocycles. The van der Waals surface area contributed by atoms with Gasteiger partial charge in [-0.3, -0.25) is 5.43 Å². The predicted molar refractivity (Wildman–Crippen MR) is 105 cm³/mol. The van der Waals surface area contributed by atoms with Crippen LogP contribution < -0.4 is 20.6 Å². The summed E-state index contributed by atoms with van der Waals surface area (Å²) in [5.74, 6) is -0.530. The molecule has 138 valence electrons. The molecule has 1 aromatic heterocycles. The molecular weight excluding hydrogens is 388 g/mol. The number of carboxylic acid groups (broad SMARTS) is 1. The van der Waals surface area contributed by atoms with E-state index in [1.54, 1.807) is 25.5 Å². The van der Waals surface area contributed by atoms with Gasteiger partial charge in [-0.1, -0.05) is 47.2 Å². The number of aromatic carboxylic acids is 1. The van der Waals surface area contributed by atoms with E-state index in [9.17, 15) is 9.90 Å². The van der Waals surface area contributed by atoms with Gasteiger partial charge in [0.05, 0.1) is 35.5 Å².